The highest BCUT2D eigenvalue weighted by Crippen LogP contribution is 2.36. The van der Waals surface area contributed by atoms with E-state index in [1.54, 1.807) is 4.90 Å². The number of hydrogen-bond donors (Lipinski definition) is 0. The number of carbonyl (C=O) groups excluding carboxylic acids is 2. The van der Waals surface area contributed by atoms with Gasteiger partial charge in [0.2, 0.25) is 33.6 Å². The smallest absolute Gasteiger partial charge is 0.242 e. The maximum Gasteiger partial charge on any atom is 0.242 e. The highest BCUT2D eigenvalue weighted by molar-refractivity contribution is 7.92. The minimum Gasteiger partial charge on any atom is -0.481 e. The summed E-state index contributed by atoms with van der Waals surface area (Å²) in [5.74, 6) is -0.338. The van der Waals surface area contributed by atoms with Gasteiger partial charge in [-0.05, 0) is 37.3 Å². The number of ether oxygens (including phenoxy) is 2. The molecule has 184 valence electrons. The van der Waals surface area contributed by atoms with Crippen LogP contribution in [0.1, 0.15) is 38.2 Å². The molecule has 0 bridgehead atoms. The van der Waals surface area contributed by atoms with Gasteiger partial charge in [-0.15, -0.1) is 0 Å². The monoisotopic (exact) mass is 489 g/mol. The van der Waals surface area contributed by atoms with Gasteiger partial charge in [-0.2, -0.15) is 4.98 Å². The Morgan fingerprint density at radius 1 is 1.03 bits per heavy atom. The molecule has 1 atom stereocenters. The molecule has 1 aromatic heterocycles. The second-order valence-electron chi connectivity index (χ2n) is 8.39. The predicted molar refractivity (Wildman–Crippen MR) is 128 cm³/mol. The molecule has 1 aliphatic carbocycles. The molecule has 9 nitrogen and oxygen atoms in total. The summed E-state index contributed by atoms with van der Waals surface area (Å²) in [6.45, 7) is 2.47. The Balaban J connectivity index is 1.78. The van der Waals surface area contributed by atoms with E-state index in [9.17, 15) is 18.0 Å². The fourth-order valence-electron chi connectivity index (χ4n) is 3.86. The van der Waals surface area contributed by atoms with E-state index in [2.05, 4.69) is 4.98 Å². The number of aromatic nitrogens is 1. The van der Waals surface area contributed by atoms with Gasteiger partial charge in [0.1, 0.15) is 5.69 Å². The fourth-order valence-corrected chi connectivity index (χ4v) is 4.82. The van der Waals surface area contributed by atoms with E-state index in [1.165, 1.54) is 26.4 Å². The maximum atomic E-state index is 13.2. The summed E-state index contributed by atoms with van der Waals surface area (Å²) in [5.41, 5.74) is 0.970. The van der Waals surface area contributed by atoms with Gasteiger partial charge in [0, 0.05) is 31.5 Å². The number of benzene rings is 1. The van der Waals surface area contributed by atoms with Crippen LogP contribution in [-0.2, 0) is 26.2 Å². The number of pyridine rings is 1. The largest absolute Gasteiger partial charge is 0.481 e. The number of carbonyl (C=O) groups is 2. The Bertz CT molecular complexity index is 1120. The van der Waals surface area contributed by atoms with Gasteiger partial charge < -0.3 is 14.4 Å². The molecule has 1 aromatic carbocycles. The minimum atomic E-state index is -4.01. The molecule has 1 unspecified atom stereocenters. The average molecular weight is 490 g/mol. The van der Waals surface area contributed by atoms with Crippen molar-refractivity contribution in [1.29, 1.82) is 0 Å². The van der Waals surface area contributed by atoms with Crippen LogP contribution in [0.15, 0.2) is 42.5 Å². The van der Waals surface area contributed by atoms with Crippen molar-refractivity contribution in [2.45, 2.75) is 45.2 Å². The van der Waals surface area contributed by atoms with Crippen LogP contribution in [0.2, 0.25) is 0 Å². The first kappa shape index (κ1) is 25.5. The summed E-state index contributed by atoms with van der Waals surface area (Å²) in [4.78, 5) is 32.1. The summed E-state index contributed by atoms with van der Waals surface area (Å²) < 4.78 is 35.9. The first-order chi connectivity index (χ1) is 16.2. The second-order valence-corrected chi connectivity index (χ2v) is 10.2. The third kappa shape index (κ3) is 6.25. The predicted octanol–water partition coefficient (Wildman–Crippen LogP) is 3.00. The van der Waals surface area contributed by atoms with E-state index >= 15 is 0 Å². The molecule has 0 saturated heterocycles. The molecule has 0 radical (unpaired) electrons. The number of sulfonamides is 1. The van der Waals surface area contributed by atoms with Crippen LogP contribution < -0.4 is 13.8 Å². The fraction of sp³-hybridized carbons (Fsp3) is 0.458. The number of rotatable bonds is 11. The Labute approximate surface area is 200 Å². The lowest BCUT2D eigenvalue weighted by Crippen LogP contribution is -2.41. The highest BCUT2D eigenvalue weighted by Gasteiger charge is 2.35. The summed E-state index contributed by atoms with van der Waals surface area (Å²) in [6.07, 6.45) is 2.69. The van der Waals surface area contributed by atoms with Gasteiger partial charge in [0.05, 0.1) is 20.5 Å². The summed E-state index contributed by atoms with van der Waals surface area (Å²) in [6, 6.07) is 12.5. The number of methoxy groups -OCH3 is 2. The van der Waals surface area contributed by atoms with Crippen LogP contribution in [0.5, 0.6) is 11.8 Å². The van der Waals surface area contributed by atoms with Crippen molar-refractivity contribution in [3.63, 3.8) is 0 Å². The maximum absolute atomic E-state index is 13.2. The topological polar surface area (TPSA) is 106 Å². The SMILES string of the molecule is COc1ccc(N(C(=O)CCC(=O)N(Cc2ccccc2)C(C)C2CC2)S(C)(=O)=O)c(OC)n1. The molecular formula is C24H31N3O6S. The quantitative estimate of drug-likeness (QED) is 0.478. The highest BCUT2D eigenvalue weighted by atomic mass is 32.2. The molecule has 2 amide bonds. The zero-order valence-electron chi connectivity index (χ0n) is 19.9. The molecule has 1 fully saturated rings. The third-order valence-corrected chi connectivity index (χ3v) is 6.92. The van der Waals surface area contributed by atoms with Crippen molar-refractivity contribution in [1.82, 2.24) is 9.88 Å². The van der Waals surface area contributed by atoms with Crippen LogP contribution in [0.4, 0.5) is 5.69 Å². The van der Waals surface area contributed by atoms with E-state index in [1.807, 2.05) is 37.3 Å². The van der Waals surface area contributed by atoms with Gasteiger partial charge in [0.25, 0.3) is 0 Å². The van der Waals surface area contributed by atoms with Crippen LogP contribution in [-0.4, -0.2) is 56.6 Å². The number of anilines is 1. The molecule has 0 aliphatic heterocycles. The number of hydrogen-bond acceptors (Lipinski definition) is 7. The van der Waals surface area contributed by atoms with Gasteiger partial charge in [0.15, 0.2) is 0 Å². The molecular weight excluding hydrogens is 458 g/mol. The number of amides is 2. The number of nitrogens with zero attached hydrogens (tertiary/aromatic N) is 3. The van der Waals surface area contributed by atoms with Gasteiger partial charge in [-0.1, -0.05) is 30.3 Å². The average Bonchev–Trinajstić information content (AvgIpc) is 3.66. The van der Waals surface area contributed by atoms with Crippen LogP contribution in [0.3, 0.4) is 0 Å². The third-order valence-electron chi connectivity index (χ3n) is 5.86. The lowest BCUT2D eigenvalue weighted by atomic mass is 10.1. The minimum absolute atomic E-state index is 0.0317. The Kier molecular flexibility index (Phi) is 8.14. The van der Waals surface area contributed by atoms with E-state index in [4.69, 9.17) is 9.47 Å². The van der Waals surface area contributed by atoms with Crippen molar-refractivity contribution in [3.8, 4) is 11.8 Å². The van der Waals surface area contributed by atoms with Crippen molar-refractivity contribution < 1.29 is 27.5 Å². The molecule has 2 aromatic rings. The van der Waals surface area contributed by atoms with Crippen molar-refractivity contribution in [2.24, 2.45) is 5.92 Å². The Hall–Kier alpha value is -3.14. The van der Waals surface area contributed by atoms with Crippen molar-refractivity contribution >= 4 is 27.5 Å². The first-order valence-corrected chi connectivity index (χ1v) is 13.0. The first-order valence-electron chi connectivity index (χ1n) is 11.1. The van der Waals surface area contributed by atoms with E-state index in [-0.39, 0.29) is 42.2 Å². The van der Waals surface area contributed by atoms with E-state index in [0.29, 0.717) is 16.8 Å². The van der Waals surface area contributed by atoms with Gasteiger partial charge in [-0.25, -0.2) is 12.7 Å². The Morgan fingerprint density at radius 3 is 2.24 bits per heavy atom. The molecule has 10 heteroatoms. The van der Waals surface area contributed by atoms with E-state index in [0.717, 1.165) is 24.7 Å². The lowest BCUT2D eigenvalue weighted by Gasteiger charge is -2.30. The lowest BCUT2D eigenvalue weighted by molar-refractivity contribution is -0.136. The molecule has 1 aliphatic rings. The second kappa shape index (κ2) is 10.9. The molecule has 34 heavy (non-hydrogen) atoms. The standard InChI is InChI=1S/C24H31N3O6S/c1-17(19-10-11-19)26(16-18-8-6-5-7-9-18)22(28)14-15-23(29)27(34(4,30)31)20-12-13-21(32-2)25-24(20)33-3/h5-9,12-13,17,19H,10-11,14-16H2,1-4H3. The van der Waals surface area contributed by atoms with Crippen molar-refractivity contribution in [3.05, 3.63) is 48.0 Å². The van der Waals surface area contributed by atoms with Crippen LogP contribution >= 0.6 is 0 Å². The summed E-state index contributed by atoms with van der Waals surface area (Å²) >= 11 is 0. The van der Waals surface area contributed by atoms with E-state index < -0.39 is 15.9 Å². The van der Waals surface area contributed by atoms with Gasteiger partial charge >= 0.3 is 0 Å². The van der Waals surface area contributed by atoms with Crippen molar-refractivity contribution in [2.75, 3.05) is 24.8 Å². The molecule has 0 N–H and O–H groups in total. The molecule has 1 saturated carbocycles. The van der Waals surface area contributed by atoms with Gasteiger partial charge in [-0.3, -0.25) is 9.59 Å². The summed E-state index contributed by atoms with van der Waals surface area (Å²) in [5, 5.41) is 0. The summed E-state index contributed by atoms with van der Waals surface area (Å²) in [7, 11) is -1.27. The normalized spacial score (nSPS) is 14.2. The van der Waals surface area contributed by atoms with Crippen LogP contribution in [0.25, 0.3) is 0 Å². The zero-order valence-corrected chi connectivity index (χ0v) is 20.7. The molecule has 0 spiro atoms. The zero-order chi connectivity index (χ0) is 24.9. The van der Waals surface area contributed by atoms with Crippen LogP contribution in [0, 0.1) is 5.92 Å². The Morgan fingerprint density at radius 2 is 1.68 bits per heavy atom. The molecule has 3 rings (SSSR count). The molecule has 1 heterocycles.